The summed E-state index contributed by atoms with van der Waals surface area (Å²) in [5.74, 6) is 1.72. The number of sulfone groups is 1. The standard InChI is InChI=1S/C13H14ClN3O2S/c1-20(18,19)11-4-2-3-9(7-11)13-16-15-12(8-14)17(13)10-5-6-10/h2-4,7,10H,5-6,8H2,1H3. The van der Waals surface area contributed by atoms with E-state index in [1.54, 1.807) is 18.2 Å². The molecule has 1 aromatic heterocycles. The lowest BCUT2D eigenvalue weighted by Gasteiger charge is -2.08. The molecule has 7 heteroatoms. The molecule has 3 rings (SSSR count). The van der Waals surface area contributed by atoms with Gasteiger partial charge in [-0.3, -0.25) is 0 Å². The largest absolute Gasteiger partial charge is 0.307 e. The summed E-state index contributed by atoms with van der Waals surface area (Å²) in [6.07, 6.45) is 3.36. The molecule has 1 aliphatic rings. The molecule has 0 radical (unpaired) electrons. The van der Waals surface area contributed by atoms with Gasteiger partial charge in [-0.15, -0.1) is 21.8 Å². The molecule has 1 saturated carbocycles. The number of rotatable bonds is 4. The van der Waals surface area contributed by atoms with Crippen LogP contribution in [0.1, 0.15) is 24.7 Å². The fraction of sp³-hybridized carbons (Fsp3) is 0.385. The molecule has 2 aromatic rings. The van der Waals surface area contributed by atoms with Crippen LogP contribution in [-0.4, -0.2) is 29.4 Å². The molecule has 1 heterocycles. The van der Waals surface area contributed by atoms with Crippen LogP contribution in [0.3, 0.4) is 0 Å². The van der Waals surface area contributed by atoms with Crippen molar-refractivity contribution in [1.29, 1.82) is 0 Å². The highest BCUT2D eigenvalue weighted by molar-refractivity contribution is 7.90. The summed E-state index contributed by atoms with van der Waals surface area (Å²) in [6.45, 7) is 0. The summed E-state index contributed by atoms with van der Waals surface area (Å²) in [5, 5.41) is 8.27. The highest BCUT2D eigenvalue weighted by Crippen LogP contribution is 2.39. The number of aromatic nitrogens is 3. The van der Waals surface area contributed by atoms with Gasteiger partial charge in [0.15, 0.2) is 15.7 Å². The van der Waals surface area contributed by atoms with Crippen molar-refractivity contribution < 1.29 is 8.42 Å². The Kier molecular flexibility index (Phi) is 3.30. The average molecular weight is 312 g/mol. The molecule has 1 aliphatic carbocycles. The zero-order valence-corrected chi connectivity index (χ0v) is 12.5. The molecule has 0 bridgehead atoms. The Hall–Kier alpha value is -1.40. The summed E-state index contributed by atoms with van der Waals surface area (Å²) < 4.78 is 25.3. The van der Waals surface area contributed by atoms with E-state index in [1.165, 1.54) is 6.26 Å². The lowest BCUT2D eigenvalue weighted by Crippen LogP contribution is -2.03. The SMILES string of the molecule is CS(=O)(=O)c1cccc(-c2nnc(CCl)n2C2CC2)c1. The Morgan fingerprint density at radius 2 is 2.10 bits per heavy atom. The van der Waals surface area contributed by atoms with Crippen molar-refractivity contribution in [2.75, 3.05) is 6.26 Å². The van der Waals surface area contributed by atoms with Gasteiger partial charge in [0.05, 0.1) is 10.8 Å². The van der Waals surface area contributed by atoms with Crippen LogP contribution in [0.5, 0.6) is 0 Å². The summed E-state index contributed by atoms with van der Waals surface area (Å²) in [6, 6.07) is 7.17. The summed E-state index contributed by atoms with van der Waals surface area (Å²) in [7, 11) is -3.23. The molecule has 0 saturated heterocycles. The second kappa shape index (κ2) is 4.86. The van der Waals surface area contributed by atoms with Crippen LogP contribution < -0.4 is 0 Å². The van der Waals surface area contributed by atoms with Crippen molar-refractivity contribution in [1.82, 2.24) is 14.8 Å². The van der Waals surface area contributed by atoms with Crippen LogP contribution in [-0.2, 0) is 15.7 Å². The minimum Gasteiger partial charge on any atom is -0.307 e. The van der Waals surface area contributed by atoms with Crippen molar-refractivity contribution in [3.63, 3.8) is 0 Å². The van der Waals surface area contributed by atoms with Gasteiger partial charge in [-0.25, -0.2) is 8.42 Å². The monoisotopic (exact) mass is 311 g/mol. The Bertz CT molecular complexity index is 751. The van der Waals surface area contributed by atoms with E-state index in [-0.39, 0.29) is 4.90 Å². The molecular weight excluding hydrogens is 298 g/mol. The number of benzene rings is 1. The van der Waals surface area contributed by atoms with Gasteiger partial charge in [0.2, 0.25) is 0 Å². The third kappa shape index (κ3) is 2.45. The van der Waals surface area contributed by atoms with E-state index in [4.69, 9.17) is 11.6 Å². The summed E-state index contributed by atoms with van der Waals surface area (Å²) in [4.78, 5) is 0.285. The maximum atomic E-state index is 11.6. The lowest BCUT2D eigenvalue weighted by atomic mass is 10.2. The molecule has 0 unspecified atom stereocenters. The Balaban J connectivity index is 2.12. The lowest BCUT2D eigenvalue weighted by molar-refractivity contribution is 0.602. The first-order valence-corrected chi connectivity index (χ1v) is 8.73. The van der Waals surface area contributed by atoms with E-state index in [9.17, 15) is 8.42 Å². The minimum absolute atomic E-state index is 0.285. The predicted octanol–water partition coefficient (Wildman–Crippen LogP) is 2.42. The number of alkyl halides is 1. The molecule has 1 fully saturated rings. The Morgan fingerprint density at radius 3 is 2.70 bits per heavy atom. The molecule has 0 spiro atoms. The average Bonchev–Trinajstić information content (AvgIpc) is 3.17. The van der Waals surface area contributed by atoms with Gasteiger partial charge in [-0.05, 0) is 25.0 Å². The van der Waals surface area contributed by atoms with Gasteiger partial charge in [-0.2, -0.15) is 0 Å². The maximum Gasteiger partial charge on any atom is 0.175 e. The van der Waals surface area contributed by atoms with E-state index in [2.05, 4.69) is 10.2 Å². The highest BCUT2D eigenvalue weighted by atomic mass is 35.5. The molecule has 1 aromatic carbocycles. The molecule has 5 nitrogen and oxygen atoms in total. The van der Waals surface area contributed by atoms with Gasteiger partial charge < -0.3 is 4.57 Å². The molecular formula is C13H14ClN3O2S. The zero-order valence-electron chi connectivity index (χ0n) is 11.0. The van der Waals surface area contributed by atoms with Crippen LogP contribution in [0.4, 0.5) is 0 Å². The number of nitrogens with zero attached hydrogens (tertiary/aromatic N) is 3. The molecule has 0 atom stereocenters. The van der Waals surface area contributed by atoms with Crippen LogP contribution >= 0.6 is 11.6 Å². The zero-order chi connectivity index (χ0) is 14.3. The Morgan fingerprint density at radius 1 is 1.35 bits per heavy atom. The van der Waals surface area contributed by atoms with Gasteiger partial charge in [0.25, 0.3) is 0 Å². The quantitative estimate of drug-likeness (QED) is 0.813. The summed E-state index contributed by atoms with van der Waals surface area (Å²) >= 11 is 5.89. The number of hydrogen-bond acceptors (Lipinski definition) is 4. The van der Waals surface area contributed by atoms with Gasteiger partial charge in [-0.1, -0.05) is 12.1 Å². The number of hydrogen-bond donors (Lipinski definition) is 0. The van der Waals surface area contributed by atoms with E-state index in [0.717, 1.165) is 24.2 Å². The molecule has 0 aliphatic heterocycles. The first-order valence-electron chi connectivity index (χ1n) is 6.31. The third-order valence-electron chi connectivity index (χ3n) is 3.32. The molecule has 20 heavy (non-hydrogen) atoms. The van der Waals surface area contributed by atoms with Crippen molar-refractivity contribution in [3.8, 4) is 11.4 Å². The van der Waals surface area contributed by atoms with Crippen LogP contribution in [0.15, 0.2) is 29.2 Å². The van der Waals surface area contributed by atoms with Crippen molar-refractivity contribution in [3.05, 3.63) is 30.1 Å². The van der Waals surface area contributed by atoms with E-state index in [0.29, 0.717) is 17.7 Å². The normalized spacial score (nSPS) is 15.5. The predicted molar refractivity (Wildman–Crippen MR) is 76.4 cm³/mol. The van der Waals surface area contributed by atoms with Crippen LogP contribution in [0.25, 0.3) is 11.4 Å². The smallest absolute Gasteiger partial charge is 0.175 e. The van der Waals surface area contributed by atoms with Gasteiger partial charge in [0, 0.05) is 17.9 Å². The van der Waals surface area contributed by atoms with E-state index < -0.39 is 9.84 Å². The fourth-order valence-corrected chi connectivity index (χ4v) is 3.04. The van der Waals surface area contributed by atoms with Crippen molar-refractivity contribution in [2.45, 2.75) is 29.7 Å². The second-order valence-corrected chi connectivity index (χ2v) is 7.26. The molecule has 0 amide bonds. The second-order valence-electron chi connectivity index (χ2n) is 4.97. The van der Waals surface area contributed by atoms with E-state index in [1.807, 2.05) is 10.6 Å². The molecule has 0 N–H and O–H groups in total. The topological polar surface area (TPSA) is 64.8 Å². The van der Waals surface area contributed by atoms with Gasteiger partial charge >= 0.3 is 0 Å². The fourth-order valence-electron chi connectivity index (χ4n) is 2.19. The highest BCUT2D eigenvalue weighted by Gasteiger charge is 2.29. The third-order valence-corrected chi connectivity index (χ3v) is 4.67. The Labute approximate surface area is 122 Å². The first kappa shape index (κ1) is 13.6. The maximum absolute atomic E-state index is 11.6. The first-order chi connectivity index (χ1) is 9.50. The van der Waals surface area contributed by atoms with Crippen molar-refractivity contribution in [2.24, 2.45) is 0 Å². The van der Waals surface area contributed by atoms with E-state index >= 15 is 0 Å². The minimum atomic E-state index is -3.23. The number of halogens is 1. The van der Waals surface area contributed by atoms with Gasteiger partial charge in [0.1, 0.15) is 5.82 Å². The summed E-state index contributed by atoms with van der Waals surface area (Å²) in [5.41, 5.74) is 0.753. The molecule has 106 valence electrons. The van der Waals surface area contributed by atoms with Crippen LogP contribution in [0, 0.1) is 0 Å². The van der Waals surface area contributed by atoms with Crippen LogP contribution in [0.2, 0.25) is 0 Å². The van der Waals surface area contributed by atoms with Crippen molar-refractivity contribution >= 4 is 21.4 Å².